The SMILES string of the molecule is C[C@@H]1C[C@H](NC(=O)c2cc(C3CC3)on2)CCN1C(=O)c1ccc(C(C)(C)N)cc1. The van der Waals surface area contributed by atoms with Gasteiger partial charge in [0.2, 0.25) is 0 Å². The van der Waals surface area contributed by atoms with Crippen LogP contribution in [-0.2, 0) is 5.54 Å². The van der Waals surface area contributed by atoms with Crippen LogP contribution in [0.5, 0.6) is 0 Å². The summed E-state index contributed by atoms with van der Waals surface area (Å²) in [7, 11) is 0. The maximum absolute atomic E-state index is 13.0. The largest absolute Gasteiger partial charge is 0.360 e. The minimum atomic E-state index is -0.436. The van der Waals surface area contributed by atoms with Crippen molar-refractivity contribution in [2.75, 3.05) is 6.54 Å². The first-order valence-electron chi connectivity index (χ1n) is 10.7. The highest BCUT2D eigenvalue weighted by Gasteiger charge is 2.32. The number of benzene rings is 1. The summed E-state index contributed by atoms with van der Waals surface area (Å²) in [5.41, 5.74) is 7.68. The summed E-state index contributed by atoms with van der Waals surface area (Å²) in [6.45, 7) is 6.50. The zero-order chi connectivity index (χ0) is 21.5. The highest BCUT2D eigenvalue weighted by atomic mass is 16.5. The van der Waals surface area contributed by atoms with E-state index in [1.807, 2.05) is 49.9 Å². The predicted octanol–water partition coefficient (Wildman–Crippen LogP) is 3.17. The van der Waals surface area contributed by atoms with Crippen molar-refractivity contribution in [2.45, 2.75) is 70.0 Å². The molecule has 1 aliphatic carbocycles. The summed E-state index contributed by atoms with van der Waals surface area (Å²) in [6.07, 6.45) is 3.63. The number of rotatable bonds is 5. The van der Waals surface area contributed by atoms with E-state index in [-0.39, 0.29) is 23.9 Å². The first-order chi connectivity index (χ1) is 14.2. The van der Waals surface area contributed by atoms with Crippen molar-refractivity contribution in [3.63, 3.8) is 0 Å². The van der Waals surface area contributed by atoms with Crippen molar-refractivity contribution in [1.29, 1.82) is 0 Å². The normalized spacial score (nSPS) is 22.1. The molecule has 0 bridgehead atoms. The number of likely N-dealkylation sites (tertiary alicyclic amines) is 1. The van der Waals surface area contributed by atoms with Gasteiger partial charge in [0.25, 0.3) is 11.8 Å². The van der Waals surface area contributed by atoms with Gasteiger partial charge < -0.3 is 20.5 Å². The third-order valence-corrected chi connectivity index (χ3v) is 6.09. The van der Waals surface area contributed by atoms with E-state index in [0.717, 1.165) is 24.2 Å². The molecule has 1 saturated heterocycles. The smallest absolute Gasteiger partial charge is 0.273 e. The fourth-order valence-corrected chi connectivity index (χ4v) is 4.03. The number of nitrogens with one attached hydrogen (secondary N) is 1. The van der Waals surface area contributed by atoms with Gasteiger partial charge in [0.1, 0.15) is 5.76 Å². The quantitative estimate of drug-likeness (QED) is 0.788. The Labute approximate surface area is 177 Å². The zero-order valence-corrected chi connectivity index (χ0v) is 17.9. The number of aromatic nitrogens is 1. The molecule has 7 nitrogen and oxygen atoms in total. The summed E-state index contributed by atoms with van der Waals surface area (Å²) in [5.74, 6) is 1.04. The van der Waals surface area contributed by atoms with Crippen LogP contribution < -0.4 is 11.1 Å². The molecule has 2 heterocycles. The molecule has 2 aliphatic rings. The van der Waals surface area contributed by atoms with Gasteiger partial charge in [-0.1, -0.05) is 17.3 Å². The predicted molar refractivity (Wildman–Crippen MR) is 113 cm³/mol. The van der Waals surface area contributed by atoms with Gasteiger partial charge in [-0.05, 0) is 64.2 Å². The van der Waals surface area contributed by atoms with Gasteiger partial charge in [0.15, 0.2) is 5.69 Å². The van der Waals surface area contributed by atoms with Gasteiger partial charge in [-0.2, -0.15) is 0 Å². The molecule has 2 aromatic rings. The second kappa shape index (κ2) is 7.87. The molecule has 1 saturated carbocycles. The van der Waals surface area contributed by atoms with Crippen LogP contribution in [0.4, 0.5) is 0 Å². The topological polar surface area (TPSA) is 101 Å². The molecule has 30 heavy (non-hydrogen) atoms. The van der Waals surface area contributed by atoms with Crippen molar-refractivity contribution >= 4 is 11.8 Å². The minimum absolute atomic E-state index is 0.0121. The fraction of sp³-hybridized carbons (Fsp3) is 0.522. The number of hydrogen-bond acceptors (Lipinski definition) is 5. The molecule has 7 heteroatoms. The molecular weight excluding hydrogens is 380 g/mol. The van der Waals surface area contributed by atoms with Crippen LogP contribution in [-0.4, -0.2) is 40.5 Å². The highest BCUT2D eigenvalue weighted by molar-refractivity contribution is 5.95. The summed E-state index contributed by atoms with van der Waals surface area (Å²) >= 11 is 0. The third kappa shape index (κ3) is 4.41. The van der Waals surface area contributed by atoms with Crippen LogP contribution in [0.15, 0.2) is 34.9 Å². The number of piperidine rings is 1. The van der Waals surface area contributed by atoms with Gasteiger partial charge in [-0.3, -0.25) is 9.59 Å². The molecule has 1 aromatic carbocycles. The Kier molecular flexibility index (Phi) is 5.40. The first kappa shape index (κ1) is 20.6. The lowest BCUT2D eigenvalue weighted by Crippen LogP contribution is -2.51. The van der Waals surface area contributed by atoms with Crippen molar-refractivity contribution in [2.24, 2.45) is 5.73 Å². The van der Waals surface area contributed by atoms with E-state index >= 15 is 0 Å². The number of carbonyl (C=O) groups excluding carboxylic acids is 2. The van der Waals surface area contributed by atoms with Gasteiger partial charge in [0, 0.05) is 41.7 Å². The molecule has 4 rings (SSSR count). The van der Waals surface area contributed by atoms with Crippen LogP contribution in [0.2, 0.25) is 0 Å². The molecule has 1 aliphatic heterocycles. The number of hydrogen-bond donors (Lipinski definition) is 2. The van der Waals surface area contributed by atoms with E-state index in [9.17, 15) is 9.59 Å². The van der Waals surface area contributed by atoms with E-state index in [0.29, 0.717) is 36.6 Å². The summed E-state index contributed by atoms with van der Waals surface area (Å²) in [6, 6.07) is 9.31. The van der Waals surface area contributed by atoms with Crippen molar-refractivity contribution in [1.82, 2.24) is 15.4 Å². The van der Waals surface area contributed by atoms with E-state index in [2.05, 4.69) is 10.5 Å². The molecule has 1 aromatic heterocycles. The lowest BCUT2D eigenvalue weighted by molar-refractivity contribution is 0.0595. The average molecular weight is 411 g/mol. The summed E-state index contributed by atoms with van der Waals surface area (Å²) in [5, 5.41) is 6.96. The maximum Gasteiger partial charge on any atom is 0.273 e. The summed E-state index contributed by atoms with van der Waals surface area (Å²) < 4.78 is 5.28. The first-order valence-corrected chi connectivity index (χ1v) is 10.7. The van der Waals surface area contributed by atoms with E-state index < -0.39 is 5.54 Å². The maximum atomic E-state index is 13.0. The van der Waals surface area contributed by atoms with Gasteiger partial charge in [-0.15, -0.1) is 0 Å². The van der Waals surface area contributed by atoms with Crippen LogP contribution in [0.25, 0.3) is 0 Å². The van der Waals surface area contributed by atoms with Crippen molar-refractivity contribution in [3.8, 4) is 0 Å². The van der Waals surface area contributed by atoms with Crippen molar-refractivity contribution in [3.05, 3.63) is 52.9 Å². The lowest BCUT2D eigenvalue weighted by Gasteiger charge is -2.38. The van der Waals surface area contributed by atoms with Crippen molar-refractivity contribution < 1.29 is 14.1 Å². The Morgan fingerprint density at radius 2 is 1.90 bits per heavy atom. The third-order valence-electron chi connectivity index (χ3n) is 6.09. The Hall–Kier alpha value is -2.67. The molecule has 0 unspecified atom stereocenters. The van der Waals surface area contributed by atoms with E-state index in [1.165, 1.54) is 0 Å². The number of carbonyl (C=O) groups is 2. The molecular formula is C23H30N4O3. The second-order valence-electron chi connectivity index (χ2n) is 9.23. The molecule has 2 fully saturated rings. The summed E-state index contributed by atoms with van der Waals surface area (Å²) in [4.78, 5) is 27.4. The highest BCUT2D eigenvalue weighted by Crippen LogP contribution is 2.40. The van der Waals surface area contributed by atoms with Gasteiger partial charge >= 0.3 is 0 Å². The molecule has 0 radical (unpaired) electrons. The van der Waals surface area contributed by atoms with Gasteiger partial charge in [-0.25, -0.2) is 0 Å². The number of nitrogens with zero attached hydrogens (tertiary/aromatic N) is 2. The Morgan fingerprint density at radius 3 is 2.50 bits per heavy atom. The molecule has 2 amide bonds. The average Bonchev–Trinajstić information content (AvgIpc) is 3.43. The molecule has 160 valence electrons. The van der Waals surface area contributed by atoms with E-state index in [4.69, 9.17) is 10.3 Å². The molecule has 2 atom stereocenters. The van der Waals surface area contributed by atoms with Crippen LogP contribution in [0, 0.1) is 0 Å². The minimum Gasteiger partial charge on any atom is -0.360 e. The number of nitrogens with two attached hydrogens (primary N) is 1. The monoisotopic (exact) mass is 410 g/mol. The van der Waals surface area contributed by atoms with Gasteiger partial charge in [0.05, 0.1) is 0 Å². The Bertz CT molecular complexity index is 925. The standard InChI is InChI=1S/C23H30N4O3/c1-14-12-18(25-21(28)19-13-20(30-26-19)15-4-5-15)10-11-27(14)22(29)16-6-8-17(9-7-16)23(2,3)24/h6-9,13-15,18H,4-5,10-12,24H2,1-3H3,(H,25,28)/t14-,18-/m1/s1. The lowest BCUT2D eigenvalue weighted by atomic mass is 9.94. The molecule has 0 spiro atoms. The molecule has 3 N–H and O–H groups in total. The van der Waals surface area contributed by atoms with E-state index in [1.54, 1.807) is 6.07 Å². The number of amides is 2. The van der Waals surface area contributed by atoms with Crippen LogP contribution in [0.1, 0.15) is 84.5 Å². The Morgan fingerprint density at radius 1 is 1.20 bits per heavy atom. The van der Waals surface area contributed by atoms with Crippen LogP contribution in [0.3, 0.4) is 0 Å². The van der Waals surface area contributed by atoms with Crippen LogP contribution >= 0.6 is 0 Å². The fourth-order valence-electron chi connectivity index (χ4n) is 4.03. The zero-order valence-electron chi connectivity index (χ0n) is 17.9. The second-order valence-corrected chi connectivity index (χ2v) is 9.23. The Balaban J connectivity index is 1.34.